The average Bonchev–Trinajstić information content (AvgIpc) is 2.38. The Bertz CT molecular complexity index is 804. The first kappa shape index (κ1) is 14.2. The SMILES string of the molecule is N#Cc1cc(S(=O)(=O)Nc2nccc(Cl)n2)ccc1F. The number of rotatable bonds is 3. The fraction of sp³-hybridized carbons (Fsp3) is 0. The summed E-state index contributed by atoms with van der Waals surface area (Å²) in [6.45, 7) is 0. The Balaban J connectivity index is 2.39. The van der Waals surface area contributed by atoms with Crippen LogP contribution >= 0.6 is 11.6 Å². The van der Waals surface area contributed by atoms with Crippen molar-refractivity contribution in [1.82, 2.24) is 9.97 Å². The molecule has 0 radical (unpaired) electrons. The smallest absolute Gasteiger partial charge is 0.247 e. The number of benzene rings is 1. The molecule has 0 aliphatic rings. The number of nitrogens with one attached hydrogen (secondary N) is 1. The van der Waals surface area contributed by atoms with Gasteiger partial charge >= 0.3 is 0 Å². The predicted octanol–water partition coefficient (Wildman–Crippen LogP) is 1.94. The van der Waals surface area contributed by atoms with Crippen molar-refractivity contribution in [2.75, 3.05) is 4.72 Å². The molecule has 1 heterocycles. The molecule has 0 fully saturated rings. The third kappa shape index (κ3) is 3.01. The maximum absolute atomic E-state index is 13.2. The first-order chi connectivity index (χ1) is 9.42. The Labute approximate surface area is 118 Å². The summed E-state index contributed by atoms with van der Waals surface area (Å²) in [5.74, 6) is -1.02. The molecular formula is C11H6ClFN4O2S. The Morgan fingerprint density at radius 2 is 2.10 bits per heavy atom. The van der Waals surface area contributed by atoms with Crippen molar-refractivity contribution in [1.29, 1.82) is 5.26 Å². The summed E-state index contributed by atoms with van der Waals surface area (Å²) in [6, 6.07) is 5.79. The van der Waals surface area contributed by atoms with Crippen molar-refractivity contribution in [2.24, 2.45) is 0 Å². The third-order valence-corrected chi connectivity index (χ3v) is 3.75. The summed E-state index contributed by atoms with van der Waals surface area (Å²) in [5.41, 5.74) is -0.375. The van der Waals surface area contributed by atoms with Gasteiger partial charge in [-0.1, -0.05) is 11.6 Å². The molecule has 2 rings (SSSR count). The molecule has 9 heteroatoms. The second kappa shape index (κ2) is 5.40. The van der Waals surface area contributed by atoms with Crippen molar-refractivity contribution in [3.05, 3.63) is 47.0 Å². The van der Waals surface area contributed by atoms with E-state index >= 15 is 0 Å². The summed E-state index contributed by atoms with van der Waals surface area (Å²) in [6.07, 6.45) is 1.28. The fourth-order valence-corrected chi connectivity index (χ4v) is 2.44. The summed E-state index contributed by atoms with van der Waals surface area (Å²) in [5, 5.41) is 8.75. The van der Waals surface area contributed by atoms with Gasteiger partial charge in [0.15, 0.2) is 0 Å². The molecule has 6 nitrogen and oxygen atoms in total. The standard InChI is InChI=1S/C11H6ClFN4O2S/c12-10-3-4-15-11(16-10)17-20(18,19)8-1-2-9(13)7(5-8)6-14/h1-5H,(H,15,16,17). The van der Waals surface area contributed by atoms with E-state index in [1.165, 1.54) is 12.3 Å². The van der Waals surface area contributed by atoms with E-state index in [-0.39, 0.29) is 21.6 Å². The van der Waals surface area contributed by atoms with Crippen molar-refractivity contribution >= 4 is 27.6 Å². The van der Waals surface area contributed by atoms with Crippen LogP contribution in [0.4, 0.5) is 10.3 Å². The molecule has 0 amide bonds. The third-order valence-electron chi connectivity index (χ3n) is 2.22. The lowest BCUT2D eigenvalue weighted by Crippen LogP contribution is -2.15. The Morgan fingerprint density at radius 3 is 2.75 bits per heavy atom. The molecule has 0 aliphatic heterocycles. The molecule has 0 saturated heterocycles. The van der Waals surface area contributed by atoms with E-state index < -0.39 is 15.8 Å². The molecule has 0 spiro atoms. The largest absolute Gasteiger partial charge is 0.264 e. The predicted molar refractivity (Wildman–Crippen MR) is 69.0 cm³/mol. The normalized spacial score (nSPS) is 10.8. The van der Waals surface area contributed by atoms with Crippen LogP contribution < -0.4 is 4.72 Å². The molecule has 0 bridgehead atoms. The van der Waals surface area contributed by atoms with Crippen LogP contribution in [0.1, 0.15) is 5.56 Å². The molecule has 0 saturated carbocycles. The highest BCUT2D eigenvalue weighted by Crippen LogP contribution is 2.17. The molecule has 102 valence electrons. The van der Waals surface area contributed by atoms with Crippen LogP contribution in [0, 0.1) is 17.1 Å². The minimum atomic E-state index is -4.03. The van der Waals surface area contributed by atoms with E-state index in [4.69, 9.17) is 16.9 Å². The first-order valence-electron chi connectivity index (χ1n) is 5.13. The highest BCUT2D eigenvalue weighted by atomic mass is 35.5. The van der Waals surface area contributed by atoms with E-state index in [2.05, 4.69) is 14.7 Å². The van der Waals surface area contributed by atoms with Gasteiger partial charge < -0.3 is 0 Å². The molecule has 1 aromatic heterocycles. The minimum absolute atomic E-state index is 0.0644. The number of nitriles is 1. The number of halogens is 2. The molecule has 1 aromatic carbocycles. The van der Waals surface area contributed by atoms with Gasteiger partial charge in [0.1, 0.15) is 17.0 Å². The molecule has 0 aliphatic carbocycles. The minimum Gasteiger partial charge on any atom is -0.247 e. The average molecular weight is 313 g/mol. The van der Waals surface area contributed by atoms with Crippen molar-refractivity contribution in [3.8, 4) is 6.07 Å². The van der Waals surface area contributed by atoms with E-state index in [1.807, 2.05) is 0 Å². The lowest BCUT2D eigenvalue weighted by molar-refractivity contribution is 0.599. The van der Waals surface area contributed by atoms with Crippen LogP contribution in [0.5, 0.6) is 0 Å². The number of aromatic nitrogens is 2. The topological polar surface area (TPSA) is 95.7 Å². The Hall–Kier alpha value is -2.24. The van der Waals surface area contributed by atoms with Gasteiger partial charge in [-0.05, 0) is 24.3 Å². The number of hydrogen-bond donors (Lipinski definition) is 1. The second-order valence-electron chi connectivity index (χ2n) is 3.56. The molecule has 1 N–H and O–H groups in total. The van der Waals surface area contributed by atoms with Gasteiger partial charge in [-0.15, -0.1) is 0 Å². The zero-order valence-corrected chi connectivity index (χ0v) is 11.3. The number of nitrogens with zero attached hydrogens (tertiary/aromatic N) is 3. The highest BCUT2D eigenvalue weighted by molar-refractivity contribution is 7.92. The Kier molecular flexibility index (Phi) is 3.83. The number of sulfonamides is 1. The molecule has 20 heavy (non-hydrogen) atoms. The van der Waals surface area contributed by atoms with E-state index in [1.54, 1.807) is 6.07 Å². The van der Waals surface area contributed by atoms with E-state index in [0.29, 0.717) is 0 Å². The van der Waals surface area contributed by atoms with Crippen LogP contribution in [0.2, 0.25) is 5.15 Å². The van der Waals surface area contributed by atoms with Gasteiger partial charge in [-0.2, -0.15) is 5.26 Å². The van der Waals surface area contributed by atoms with Gasteiger partial charge in [0.25, 0.3) is 10.0 Å². The molecule has 2 aromatic rings. The van der Waals surface area contributed by atoms with Crippen molar-refractivity contribution < 1.29 is 12.8 Å². The quantitative estimate of drug-likeness (QED) is 0.874. The molecule has 0 unspecified atom stereocenters. The van der Waals surface area contributed by atoms with Crippen LogP contribution in [0.25, 0.3) is 0 Å². The van der Waals surface area contributed by atoms with Gasteiger partial charge in [-0.3, -0.25) is 0 Å². The second-order valence-corrected chi connectivity index (χ2v) is 5.63. The summed E-state index contributed by atoms with van der Waals surface area (Å²) >= 11 is 5.61. The number of hydrogen-bond acceptors (Lipinski definition) is 5. The zero-order chi connectivity index (χ0) is 14.8. The van der Waals surface area contributed by atoms with Crippen LogP contribution in [0.15, 0.2) is 35.4 Å². The van der Waals surface area contributed by atoms with E-state index in [9.17, 15) is 12.8 Å². The lowest BCUT2D eigenvalue weighted by atomic mass is 10.2. The summed E-state index contributed by atoms with van der Waals surface area (Å²) in [7, 11) is -4.03. The van der Waals surface area contributed by atoms with Gasteiger partial charge in [0.05, 0.1) is 10.5 Å². The maximum Gasteiger partial charge on any atom is 0.264 e. The first-order valence-corrected chi connectivity index (χ1v) is 6.99. The monoisotopic (exact) mass is 312 g/mol. The summed E-state index contributed by atoms with van der Waals surface area (Å²) in [4.78, 5) is 7.08. The highest BCUT2D eigenvalue weighted by Gasteiger charge is 2.17. The van der Waals surface area contributed by atoms with Crippen LogP contribution in [-0.4, -0.2) is 18.4 Å². The van der Waals surface area contributed by atoms with E-state index in [0.717, 1.165) is 18.2 Å². The van der Waals surface area contributed by atoms with Crippen molar-refractivity contribution in [2.45, 2.75) is 4.90 Å². The Morgan fingerprint density at radius 1 is 1.35 bits per heavy atom. The zero-order valence-electron chi connectivity index (χ0n) is 9.71. The maximum atomic E-state index is 13.2. The molecular weight excluding hydrogens is 307 g/mol. The number of anilines is 1. The summed E-state index contributed by atoms with van der Waals surface area (Å²) < 4.78 is 39.3. The van der Waals surface area contributed by atoms with Crippen LogP contribution in [0.3, 0.4) is 0 Å². The molecule has 0 atom stereocenters. The van der Waals surface area contributed by atoms with Gasteiger partial charge in [0, 0.05) is 6.20 Å². The van der Waals surface area contributed by atoms with Gasteiger partial charge in [-0.25, -0.2) is 27.5 Å². The van der Waals surface area contributed by atoms with Crippen molar-refractivity contribution in [3.63, 3.8) is 0 Å². The van der Waals surface area contributed by atoms with Gasteiger partial charge in [0.2, 0.25) is 5.95 Å². The van der Waals surface area contributed by atoms with Crippen LogP contribution in [-0.2, 0) is 10.0 Å². The fourth-order valence-electron chi connectivity index (χ4n) is 1.32. The lowest BCUT2D eigenvalue weighted by Gasteiger charge is -2.07.